The van der Waals surface area contributed by atoms with Crippen LogP contribution in [0.4, 0.5) is 5.69 Å². The molecule has 1 atom stereocenters. The summed E-state index contributed by atoms with van der Waals surface area (Å²) >= 11 is 6.58. The lowest BCUT2D eigenvalue weighted by Crippen LogP contribution is -2.28. The first-order valence-corrected chi connectivity index (χ1v) is 12.6. The lowest BCUT2D eigenvalue weighted by molar-refractivity contribution is -0.142. The summed E-state index contributed by atoms with van der Waals surface area (Å²) in [6.07, 6.45) is 0.241. The summed E-state index contributed by atoms with van der Waals surface area (Å²) in [7, 11) is 0. The van der Waals surface area contributed by atoms with Crippen LogP contribution < -0.4 is 14.4 Å². The van der Waals surface area contributed by atoms with Crippen molar-refractivity contribution in [2.45, 2.75) is 46.3 Å². The number of aliphatic hydroxyl groups is 1. The standard InChI is InChI=1S/C28H30ClNO6/c1-4-13-35-25-18-9-7-8-10-19(18)26(36-14-5-2)24-23(25)27(32)30(28(24)33)21-12-11-17(15-20(21)29)16-22(31)34-6-3/h7-12,15,27,32H,4-6,13-14,16H2,1-3H3/t27-/m0/s1. The maximum atomic E-state index is 13.9. The third kappa shape index (κ3) is 4.73. The largest absolute Gasteiger partial charge is 0.492 e. The van der Waals surface area contributed by atoms with E-state index in [9.17, 15) is 14.7 Å². The molecule has 4 rings (SSSR count). The fraction of sp³-hybridized carbons (Fsp3) is 0.357. The van der Waals surface area contributed by atoms with Crippen LogP contribution in [0, 0.1) is 0 Å². The molecule has 8 heteroatoms. The summed E-state index contributed by atoms with van der Waals surface area (Å²) in [4.78, 5) is 27.0. The second-order valence-corrected chi connectivity index (χ2v) is 8.91. The summed E-state index contributed by atoms with van der Waals surface area (Å²) in [5.41, 5.74) is 1.60. The molecule has 0 aromatic heterocycles. The van der Waals surface area contributed by atoms with Gasteiger partial charge in [0.15, 0.2) is 6.23 Å². The van der Waals surface area contributed by atoms with Crippen molar-refractivity contribution in [1.29, 1.82) is 0 Å². The van der Waals surface area contributed by atoms with Gasteiger partial charge >= 0.3 is 5.97 Å². The van der Waals surface area contributed by atoms with E-state index in [1.54, 1.807) is 25.1 Å². The Kier molecular flexibility index (Phi) is 8.01. The zero-order valence-corrected chi connectivity index (χ0v) is 21.4. The van der Waals surface area contributed by atoms with Gasteiger partial charge in [-0.1, -0.05) is 55.8 Å². The average Bonchev–Trinajstić information content (AvgIpc) is 3.11. The number of nitrogens with zero attached hydrogens (tertiary/aromatic N) is 1. The lowest BCUT2D eigenvalue weighted by Gasteiger charge is -2.23. The highest BCUT2D eigenvalue weighted by molar-refractivity contribution is 6.34. The number of rotatable bonds is 10. The van der Waals surface area contributed by atoms with Gasteiger partial charge in [0.25, 0.3) is 5.91 Å². The fourth-order valence-electron chi connectivity index (χ4n) is 4.40. The summed E-state index contributed by atoms with van der Waals surface area (Å²) in [5, 5.41) is 13.2. The highest BCUT2D eigenvalue weighted by atomic mass is 35.5. The minimum Gasteiger partial charge on any atom is -0.492 e. The van der Waals surface area contributed by atoms with Gasteiger partial charge < -0.3 is 19.3 Å². The fourth-order valence-corrected chi connectivity index (χ4v) is 4.70. The second-order valence-electron chi connectivity index (χ2n) is 8.51. The van der Waals surface area contributed by atoms with E-state index in [4.69, 9.17) is 25.8 Å². The van der Waals surface area contributed by atoms with Crippen molar-refractivity contribution in [1.82, 2.24) is 0 Å². The van der Waals surface area contributed by atoms with Crippen LogP contribution in [-0.4, -0.2) is 36.8 Å². The molecular weight excluding hydrogens is 482 g/mol. The molecule has 1 amide bonds. The molecule has 1 heterocycles. The van der Waals surface area contributed by atoms with Crippen molar-refractivity contribution in [3.63, 3.8) is 0 Å². The number of aliphatic hydroxyl groups excluding tert-OH is 1. The van der Waals surface area contributed by atoms with Gasteiger partial charge in [0.1, 0.15) is 11.5 Å². The molecule has 0 aliphatic carbocycles. The second kappa shape index (κ2) is 11.2. The van der Waals surface area contributed by atoms with E-state index in [1.165, 1.54) is 4.90 Å². The van der Waals surface area contributed by atoms with E-state index in [-0.39, 0.29) is 29.6 Å². The molecular formula is C28H30ClNO6. The summed E-state index contributed by atoms with van der Waals surface area (Å²) < 4.78 is 17.2. The SMILES string of the molecule is CCCOc1c2c(c(OCCC)c3ccccc13)[C@H](O)N(c1ccc(CC(=O)OCC)cc1Cl)C2=O. The van der Waals surface area contributed by atoms with Gasteiger partial charge in [-0.05, 0) is 37.5 Å². The first-order chi connectivity index (χ1) is 17.4. The van der Waals surface area contributed by atoms with Gasteiger partial charge in [0.2, 0.25) is 0 Å². The predicted octanol–water partition coefficient (Wildman–Crippen LogP) is 5.83. The molecule has 0 fully saturated rings. The first-order valence-electron chi connectivity index (χ1n) is 12.2. The molecule has 36 heavy (non-hydrogen) atoms. The van der Waals surface area contributed by atoms with Crippen LogP contribution in [0.5, 0.6) is 11.5 Å². The van der Waals surface area contributed by atoms with Crippen LogP contribution in [0.3, 0.4) is 0 Å². The van der Waals surface area contributed by atoms with Crippen LogP contribution in [0.2, 0.25) is 5.02 Å². The van der Waals surface area contributed by atoms with Gasteiger partial charge in [-0.3, -0.25) is 14.5 Å². The number of amides is 1. The van der Waals surface area contributed by atoms with Crippen molar-refractivity contribution in [3.05, 3.63) is 64.2 Å². The molecule has 0 unspecified atom stereocenters. The highest BCUT2D eigenvalue weighted by Crippen LogP contribution is 2.51. The van der Waals surface area contributed by atoms with E-state index in [0.29, 0.717) is 41.5 Å². The third-order valence-electron chi connectivity index (χ3n) is 5.92. The smallest absolute Gasteiger partial charge is 0.310 e. The van der Waals surface area contributed by atoms with E-state index in [0.717, 1.165) is 23.6 Å². The van der Waals surface area contributed by atoms with E-state index < -0.39 is 12.1 Å². The van der Waals surface area contributed by atoms with Gasteiger partial charge in [0.05, 0.1) is 48.1 Å². The maximum absolute atomic E-state index is 13.9. The number of hydrogen-bond acceptors (Lipinski definition) is 6. The molecule has 0 saturated heterocycles. The molecule has 3 aromatic rings. The Hall–Kier alpha value is -3.29. The number of hydrogen-bond donors (Lipinski definition) is 1. The zero-order valence-electron chi connectivity index (χ0n) is 20.7. The zero-order chi connectivity index (χ0) is 25.8. The number of ether oxygens (including phenoxy) is 3. The Morgan fingerprint density at radius 2 is 1.64 bits per heavy atom. The van der Waals surface area contributed by atoms with Crippen LogP contribution in [0.25, 0.3) is 10.8 Å². The van der Waals surface area contributed by atoms with Crippen LogP contribution in [-0.2, 0) is 16.0 Å². The maximum Gasteiger partial charge on any atom is 0.310 e. The Morgan fingerprint density at radius 1 is 1.00 bits per heavy atom. The third-order valence-corrected chi connectivity index (χ3v) is 6.22. The van der Waals surface area contributed by atoms with Crippen molar-refractivity contribution in [2.75, 3.05) is 24.7 Å². The number of benzene rings is 3. The van der Waals surface area contributed by atoms with Gasteiger partial charge in [-0.2, -0.15) is 0 Å². The van der Waals surface area contributed by atoms with Crippen LogP contribution >= 0.6 is 11.6 Å². The van der Waals surface area contributed by atoms with E-state index in [1.807, 2.05) is 38.1 Å². The number of fused-ring (bicyclic) bond motifs is 2. The minimum atomic E-state index is -1.33. The van der Waals surface area contributed by atoms with Gasteiger partial charge in [0, 0.05) is 10.8 Å². The van der Waals surface area contributed by atoms with E-state index in [2.05, 4.69) is 0 Å². The Labute approximate surface area is 215 Å². The Morgan fingerprint density at radius 3 is 2.25 bits per heavy atom. The molecule has 0 saturated carbocycles. The summed E-state index contributed by atoms with van der Waals surface area (Å²) in [6.45, 7) is 6.85. The number of carbonyl (C=O) groups is 2. The minimum absolute atomic E-state index is 0.0555. The quantitative estimate of drug-likeness (QED) is 0.345. The van der Waals surface area contributed by atoms with Crippen LogP contribution in [0.1, 0.15) is 61.3 Å². The number of anilines is 1. The molecule has 1 aliphatic rings. The van der Waals surface area contributed by atoms with Crippen molar-refractivity contribution in [3.8, 4) is 11.5 Å². The summed E-state index contributed by atoms with van der Waals surface area (Å²) in [5.74, 6) is 0.0847. The molecule has 0 radical (unpaired) electrons. The van der Waals surface area contributed by atoms with Crippen molar-refractivity contribution in [2.24, 2.45) is 0 Å². The Bertz CT molecular complexity index is 1290. The molecule has 1 N–H and O–H groups in total. The summed E-state index contributed by atoms with van der Waals surface area (Å²) in [6, 6.07) is 12.5. The average molecular weight is 512 g/mol. The van der Waals surface area contributed by atoms with Gasteiger partial charge in [-0.25, -0.2) is 0 Å². The Balaban J connectivity index is 1.84. The highest BCUT2D eigenvalue weighted by Gasteiger charge is 2.44. The van der Waals surface area contributed by atoms with Crippen LogP contribution in [0.15, 0.2) is 42.5 Å². The molecule has 190 valence electrons. The van der Waals surface area contributed by atoms with Gasteiger partial charge in [-0.15, -0.1) is 0 Å². The van der Waals surface area contributed by atoms with Crippen molar-refractivity contribution < 1.29 is 28.9 Å². The monoisotopic (exact) mass is 511 g/mol. The molecule has 0 bridgehead atoms. The normalized spacial score (nSPS) is 14.8. The predicted molar refractivity (Wildman–Crippen MR) is 139 cm³/mol. The molecule has 7 nitrogen and oxygen atoms in total. The number of carbonyl (C=O) groups excluding carboxylic acids is 2. The number of halogens is 1. The topological polar surface area (TPSA) is 85.3 Å². The molecule has 3 aromatic carbocycles. The molecule has 1 aliphatic heterocycles. The van der Waals surface area contributed by atoms with Crippen molar-refractivity contribution >= 4 is 39.9 Å². The number of esters is 1. The molecule has 0 spiro atoms. The lowest BCUT2D eigenvalue weighted by atomic mass is 9.98. The first kappa shape index (κ1) is 25.8. The van der Waals surface area contributed by atoms with E-state index >= 15 is 0 Å².